The van der Waals surface area contributed by atoms with Crippen LogP contribution in [0, 0.1) is 11.8 Å². The molecule has 0 radical (unpaired) electrons. The minimum atomic E-state index is -3.00. The van der Waals surface area contributed by atoms with Gasteiger partial charge in [-0.15, -0.1) is 0 Å². The molecule has 72 valence electrons. The van der Waals surface area contributed by atoms with Crippen molar-refractivity contribution in [3.8, 4) is 5.75 Å². The molecule has 6 heteroatoms. The van der Waals surface area contributed by atoms with Gasteiger partial charge in [-0.3, -0.25) is 0 Å². The molecule has 2 nitrogen and oxygen atoms in total. The van der Waals surface area contributed by atoms with Crippen LogP contribution in [-0.4, -0.2) is 12.1 Å². The van der Waals surface area contributed by atoms with E-state index in [1.54, 1.807) is 0 Å². The molecule has 0 bridgehead atoms. The molecule has 13 heavy (non-hydrogen) atoms. The van der Waals surface area contributed by atoms with E-state index in [1.807, 2.05) is 0 Å². The lowest BCUT2D eigenvalue weighted by Crippen LogP contribution is -2.00. The van der Waals surface area contributed by atoms with Gasteiger partial charge >= 0.3 is 0 Å². The summed E-state index contributed by atoms with van der Waals surface area (Å²) >= 11 is 0. The molecule has 0 unspecified atom stereocenters. The first kappa shape index (κ1) is 9.76. The number of alkyl halides is 2. The van der Waals surface area contributed by atoms with Crippen LogP contribution in [0.5, 0.6) is 5.75 Å². The fraction of sp³-hybridized carbons (Fsp3) is 0.286. The summed E-state index contributed by atoms with van der Waals surface area (Å²) in [4.78, 5) is 2.82. The van der Waals surface area contributed by atoms with Crippen LogP contribution < -0.4 is 4.74 Å². The highest BCUT2D eigenvalue weighted by atomic mass is 19.3. The zero-order valence-corrected chi connectivity index (χ0v) is 6.52. The number of methoxy groups -OCH3 is 1. The van der Waals surface area contributed by atoms with Crippen molar-refractivity contribution in [1.29, 1.82) is 0 Å². The first-order chi connectivity index (χ1) is 6.06. The Bertz CT molecular complexity index is 292. The Kier molecular flexibility index (Phi) is 2.69. The summed E-state index contributed by atoms with van der Waals surface area (Å²) in [5, 5.41) is 0. The molecular formula is C7H5F4NO. The Labute approximate surface area is 71.2 Å². The average Bonchev–Trinajstić information content (AvgIpc) is 2.03. The third-order valence-electron chi connectivity index (χ3n) is 1.33. The van der Waals surface area contributed by atoms with E-state index in [0.29, 0.717) is 6.07 Å². The topological polar surface area (TPSA) is 22.1 Å². The van der Waals surface area contributed by atoms with E-state index in [4.69, 9.17) is 0 Å². The van der Waals surface area contributed by atoms with Crippen LogP contribution in [0.25, 0.3) is 0 Å². The Morgan fingerprint density at radius 2 is 2.00 bits per heavy atom. The summed E-state index contributed by atoms with van der Waals surface area (Å²) in [7, 11) is 1.02. The van der Waals surface area contributed by atoms with Crippen molar-refractivity contribution < 1.29 is 22.3 Å². The van der Waals surface area contributed by atoms with Crippen molar-refractivity contribution in [1.82, 2.24) is 4.98 Å². The average molecular weight is 195 g/mol. The Morgan fingerprint density at radius 1 is 1.38 bits per heavy atom. The molecule has 0 amide bonds. The molecule has 0 saturated carbocycles. The highest BCUT2D eigenvalue weighted by Crippen LogP contribution is 2.24. The number of ether oxygens (including phenoxy) is 1. The molecule has 0 fully saturated rings. The van der Waals surface area contributed by atoms with Crippen molar-refractivity contribution in [2.24, 2.45) is 0 Å². The van der Waals surface area contributed by atoms with E-state index in [9.17, 15) is 17.6 Å². The fourth-order valence-corrected chi connectivity index (χ4v) is 0.784. The predicted octanol–water partition coefficient (Wildman–Crippen LogP) is 2.31. The second kappa shape index (κ2) is 3.59. The van der Waals surface area contributed by atoms with Gasteiger partial charge < -0.3 is 4.74 Å². The smallest absolute Gasteiger partial charge is 0.280 e. The maximum absolute atomic E-state index is 12.7. The highest BCUT2D eigenvalue weighted by molar-refractivity contribution is 5.24. The fourth-order valence-electron chi connectivity index (χ4n) is 0.784. The maximum Gasteiger partial charge on any atom is 0.280 e. The second-order valence-corrected chi connectivity index (χ2v) is 2.15. The monoisotopic (exact) mass is 195 g/mol. The molecule has 1 heterocycles. The lowest BCUT2D eigenvalue weighted by molar-refractivity contribution is 0.143. The first-order valence-electron chi connectivity index (χ1n) is 3.24. The molecule has 0 atom stereocenters. The van der Waals surface area contributed by atoms with Gasteiger partial charge in [0.05, 0.1) is 7.11 Å². The number of hydrogen-bond donors (Lipinski definition) is 0. The van der Waals surface area contributed by atoms with Gasteiger partial charge in [0.15, 0.2) is 5.82 Å². The zero-order chi connectivity index (χ0) is 10.0. The Morgan fingerprint density at radius 3 is 2.38 bits per heavy atom. The minimum absolute atomic E-state index is 0.437. The molecule has 0 aliphatic rings. The number of pyridine rings is 1. The lowest BCUT2D eigenvalue weighted by atomic mass is 10.3. The summed E-state index contributed by atoms with van der Waals surface area (Å²) in [5.74, 6) is -3.33. The van der Waals surface area contributed by atoms with Crippen molar-refractivity contribution in [3.05, 3.63) is 23.5 Å². The standard InChI is InChI=1S/C7H5F4NO/c1-13-5-3(8)2-4(6(9)10)12-7(5)11/h2,6H,1H3. The molecule has 0 aliphatic carbocycles. The number of nitrogens with zero attached hydrogens (tertiary/aromatic N) is 1. The minimum Gasteiger partial charge on any atom is -0.490 e. The summed E-state index contributed by atoms with van der Waals surface area (Å²) in [6.45, 7) is 0. The molecule has 0 N–H and O–H groups in total. The van der Waals surface area contributed by atoms with Gasteiger partial charge in [0.2, 0.25) is 5.75 Å². The summed E-state index contributed by atoms with van der Waals surface area (Å²) < 4.78 is 53.5. The molecular weight excluding hydrogens is 190 g/mol. The SMILES string of the molecule is COc1c(F)cc(C(F)F)nc1F. The molecule has 1 aromatic heterocycles. The summed E-state index contributed by atoms with van der Waals surface area (Å²) in [5.41, 5.74) is -0.948. The van der Waals surface area contributed by atoms with Crippen LogP contribution in [0.2, 0.25) is 0 Å². The van der Waals surface area contributed by atoms with Gasteiger partial charge in [-0.05, 0) is 0 Å². The van der Waals surface area contributed by atoms with E-state index >= 15 is 0 Å². The number of halogens is 4. The Hall–Kier alpha value is -1.33. The van der Waals surface area contributed by atoms with Gasteiger partial charge in [0.1, 0.15) is 5.69 Å². The molecule has 1 rings (SSSR count). The molecule has 0 aromatic carbocycles. The van der Waals surface area contributed by atoms with Crippen LogP contribution in [0.15, 0.2) is 6.07 Å². The number of hydrogen-bond acceptors (Lipinski definition) is 2. The van der Waals surface area contributed by atoms with Gasteiger partial charge in [-0.2, -0.15) is 4.39 Å². The molecule has 0 spiro atoms. The van der Waals surface area contributed by atoms with Crippen molar-refractivity contribution in [2.45, 2.75) is 6.43 Å². The number of aromatic nitrogens is 1. The van der Waals surface area contributed by atoms with Gasteiger partial charge in [-0.1, -0.05) is 0 Å². The molecule has 0 saturated heterocycles. The van der Waals surface area contributed by atoms with E-state index < -0.39 is 29.6 Å². The number of rotatable bonds is 2. The van der Waals surface area contributed by atoms with Crippen molar-refractivity contribution >= 4 is 0 Å². The van der Waals surface area contributed by atoms with Crippen molar-refractivity contribution in [2.75, 3.05) is 7.11 Å². The van der Waals surface area contributed by atoms with Crippen LogP contribution >= 0.6 is 0 Å². The van der Waals surface area contributed by atoms with Gasteiger partial charge in [0.25, 0.3) is 12.4 Å². The van der Waals surface area contributed by atoms with Crippen LogP contribution in [0.1, 0.15) is 12.1 Å². The molecule has 1 aromatic rings. The van der Waals surface area contributed by atoms with Crippen molar-refractivity contribution in [3.63, 3.8) is 0 Å². The highest BCUT2D eigenvalue weighted by Gasteiger charge is 2.17. The summed E-state index contributed by atoms with van der Waals surface area (Å²) in [6.07, 6.45) is -3.00. The lowest BCUT2D eigenvalue weighted by Gasteiger charge is -2.04. The van der Waals surface area contributed by atoms with E-state index in [0.717, 1.165) is 7.11 Å². The quantitative estimate of drug-likeness (QED) is 0.533. The van der Waals surface area contributed by atoms with Crippen LogP contribution in [0.4, 0.5) is 17.6 Å². The van der Waals surface area contributed by atoms with E-state index in [2.05, 4.69) is 9.72 Å². The molecule has 0 aliphatic heterocycles. The van der Waals surface area contributed by atoms with E-state index in [-0.39, 0.29) is 0 Å². The largest absolute Gasteiger partial charge is 0.490 e. The second-order valence-electron chi connectivity index (χ2n) is 2.15. The van der Waals surface area contributed by atoms with Crippen LogP contribution in [0.3, 0.4) is 0 Å². The Balaban J connectivity index is 3.20. The maximum atomic E-state index is 12.7. The zero-order valence-electron chi connectivity index (χ0n) is 6.52. The normalized spacial score (nSPS) is 10.6. The van der Waals surface area contributed by atoms with Crippen LogP contribution in [-0.2, 0) is 0 Å². The van der Waals surface area contributed by atoms with E-state index in [1.165, 1.54) is 0 Å². The third kappa shape index (κ3) is 1.88. The third-order valence-corrected chi connectivity index (χ3v) is 1.33. The van der Waals surface area contributed by atoms with Gasteiger partial charge in [0, 0.05) is 6.07 Å². The first-order valence-corrected chi connectivity index (χ1v) is 3.24. The summed E-state index contributed by atoms with van der Waals surface area (Å²) in [6, 6.07) is 0.437. The van der Waals surface area contributed by atoms with Gasteiger partial charge in [-0.25, -0.2) is 18.2 Å². The predicted molar refractivity (Wildman–Crippen MR) is 35.7 cm³/mol.